The molecule has 4 heteroatoms. The molecule has 0 atom stereocenters. The molecule has 0 heterocycles. The number of ether oxygens (including phenoxy) is 1. The largest absolute Gasteiger partial charge is 0.492 e. The van der Waals surface area contributed by atoms with Gasteiger partial charge in [-0.1, -0.05) is 11.6 Å². The van der Waals surface area contributed by atoms with Crippen molar-refractivity contribution in [3.63, 3.8) is 0 Å². The molecular formula is C16H22N2O2. The molecule has 4 nitrogen and oxygen atoms in total. The number of nitrogens with two attached hydrogens (primary N) is 1. The van der Waals surface area contributed by atoms with Gasteiger partial charge in [0.1, 0.15) is 12.4 Å². The van der Waals surface area contributed by atoms with Crippen molar-refractivity contribution >= 4 is 11.6 Å². The number of nitrogens with one attached hydrogen (secondary N) is 1. The van der Waals surface area contributed by atoms with Gasteiger partial charge < -0.3 is 15.8 Å². The summed E-state index contributed by atoms with van der Waals surface area (Å²) in [5.74, 6) is 0.850. The van der Waals surface area contributed by atoms with Crippen LogP contribution in [0, 0.1) is 0 Å². The van der Waals surface area contributed by atoms with Crippen LogP contribution < -0.4 is 15.8 Å². The average molecular weight is 274 g/mol. The summed E-state index contributed by atoms with van der Waals surface area (Å²) in [6.07, 6.45) is 7.37. The quantitative estimate of drug-likeness (QED) is 0.476. The molecule has 0 fully saturated rings. The molecule has 0 aromatic heterocycles. The van der Waals surface area contributed by atoms with Gasteiger partial charge in [0.25, 0.3) is 0 Å². The molecule has 1 aromatic rings. The molecule has 3 N–H and O–H groups in total. The van der Waals surface area contributed by atoms with Gasteiger partial charge in [-0.3, -0.25) is 4.79 Å². The van der Waals surface area contributed by atoms with E-state index in [1.165, 1.54) is 18.4 Å². The van der Waals surface area contributed by atoms with E-state index >= 15 is 0 Å². The molecule has 2 rings (SSSR count). The summed E-state index contributed by atoms with van der Waals surface area (Å²) in [6.45, 7) is 0.991. The monoisotopic (exact) mass is 274 g/mol. The summed E-state index contributed by atoms with van der Waals surface area (Å²) >= 11 is 0. The Morgan fingerprint density at radius 2 is 2.05 bits per heavy atom. The van der Waals surface area contributed by atoms with Crippen LogP contribution in [0.5, 0.6) is 5.75 Å². The van der Waals surface area contributed by atoms with Crippen LogP contribution in [0.15, 0.2) is 35.9 Å². The second kappa shape index (κ2) is 7.58. The minimum atomic E-state index is 0.0825. The molecular weight excluding hydrogens is 252 g/mol. The maximum atomic E-state index is 11.7. The number of allylic oxidation sites excluding steroid dienone is 1. The van der Waals surface area contributed by atoms with Crippen LogP contribution in [0.3, 0.4) is 0 Å². The zero-order chi connectivity index (χ0) is 14.2. The third kappa shape index (κ3) is 4.96. The average Bonchev–Trinajstić information content (AvgIpc) is 2.46. The van der Waals surface area contributed by atoms with Crippen LogP contribution >= 0.6 is 0 Å². The Kier molecular flexibility index (Phi) is 5.47. The number of hydrogen-bond acceptors (Lipinski definition) is 3. The molecule has 1 aliphatic carbocycles. The third-order valence-corrected chi connectivity index (χ3v) is 3.35. The molecule has 1 amide bonds. The van der Waals surface area contributed by atoms with E-state index in [1.54, 1.807) is 12.1 Å². The van der Waals surface area contributed by atoms with E-state index in [4.69, 9.17) is 10.5 Å². The van der Waals surface area contributed by atoms with E-state index < -0.39 is 0 Å². The van der Waals surface area contributed by atoms with Gasteiger partial charge in [0.15, 0.2) is 0 Å². The topological polar surface area (TPSA) is 64.3 Å². The second-order valence-electron chi connectivity index (χ2n) is 5.05. The van der Waals surface area contributed by atoms with E-state index in [0.29, 0.717) is 25.3 Å². The van der Waals surface area contributed by atoms with E-state index in [9.17, 15) is 4.79 Å². The minimum Gasteiger partial charge on any atom is -0.492 e. The van der Waals surface area contributed by atoms with Crippen molar-refractivity contribution in [1.82, 2.24) is 5.32 Å². The molecule has 0 bridgehead atoms. The molecule has 0 saturated heterocycles. The smallest absolute Gasteiger partial charge is 0.224 e. The highest BCUT2D eigenvalue weighted by Gasteiger charge is 2.08. The van der Waals surface area contributed by atoms with E-state index in [-0.39, 0.29) is 5.91 Å². The number of anilines is 1. The van der Waals surface area contributed by atoms with Gasteiger partial charge in [-0.15, -0.1) is 0 Å². The highest BCUT2D eigenvalue weighted by Crippen LogP contribution is 2.19. The Bertz CT molecular complexity index is 466. The number of benzene rings is 1. The first-order valence-electron chi connectivity index (χ1n) is 7.17. The number of carbonyl (C=O) groups excluding carboxylic acids is 1. The number of amides is 1. The zero-order valence-electron chi connectivity index (χ0n) is 11.7. The summed E-state index contributed by atoms with van der Waals surface area (Å²) in [4.78, 5) is 11.7. The zero-order valence-corrected chi connectivity index (χ0v) is 11.7. The number of hydrogen-bond donors (Lipinski definition) is 2. The standard InChI is InChI=1S/C16H22N2O2/c17-14-6-8-15(9-7-14)20-11-10-18-16(19)12-13-4-2-1-3-5-13/h4,6-9H,1-3,5,10-12,17H2,(H,18,19). The first kappa shape index (κ1) is 14.4. The summed E-state index contributed by atoms with van der Waals surface area (Å²) in [7, 11) is 0. The Morgan fingerprint density at radius 1 is 1.25 bits per heavy atom. The van der Waals surface area contributed by atoms with Crippen molar-refractivity contribution < 1.29 is 9.53 Å². The molecule has 0 aliphatic heterocycles. The van der Waals surface area contributed by atoms with Crippen molar-refractivity contribution in [2.45, 2.75) is 32.1 Å². The van der Waals surface area contributed by atoms with Crippen LogP contribution in [0.4, 0.5) is 5.69 Å². The van der Waals surface area contributed by atoms with Gasteiger partial charge in [-0.05, 0) is 49.9 Å². The molecule has 0 unspecified atom stereocenters. The summed E-state index contributed by atoms with van der Waals surface area (Å²) in [5, 5.41) is 2.88. The fourth-order valence-corrected chi connectivity index (χ4v) is 2.26. The van der Waals surface area contributed by atoms with Gasteiger partial charge in [-0.25, -0.2) is 0 Å². The molecule has 1 aliphatic rings. The Labute approximate surface area is 120 Å². The van der Waals surface area contributed by atoms with Crippen molar-refractivity contribution in [2.75, 3.05) is 18.9 Å². The van der Waals surface area contributed by atoms with Crippen LogP contribution in [-0.4, -0.2) is 19.1 Å². The predicted octanol–water partition coefficient (Wildman–Crippen LogP) is 2.65. The lowest BCUT2D eigenvalue weighted by Gasteiger charge is -2.12. The van der Waals surface area contributed by atoms with Crippen molar-refractivity contribution in [2.24, 2.45) is 0 Å². The van der Waals surface area contributed by atoms with Crippen LogP contribution in [-0.2, 0) is 4.79 Å². The Morgan fingerprint density at radius 3 is 2.75 bits per heavy atom. The summed E-state index contributed by atoms with van der Waals surface area (Å²) in [6, 6.07) is 7.24. The summed E-state index contributed by atoms with van der Waals surface area (Å²) in [5.41, 5.74) is 7.58. The second-order valence-corrected chi connectivity index (χ2v) is 5.05. The number of nitrogen functional groups attached to an aromatic ring is 1. The Balaban J connectivity index is 1.61. The molecule has 108 valence electrons. The minimum absolute atomic E-state index is 0.0825. The number of carbonyl (C=O) groups is 1. The fourth-order valence-electron chi connectivity index (χ4n) is 2.26. The lowest BCUT2D eigenvalue weighted by Crippen LogP contribution is -2.28. The van der Waals surface area contributed by atoms with Gasteiger partial charge >= 0.3 is 0 Å². The van der Waals surface area contributed by atoms with Gasteiger partial charge in [0.05, 0.1) is 6.54 Å². The molecule has 20 heavy (non-hydrogen) atoms. The van der Waals surface area contributed by atoms with Gasteiger partial charge in [0.2, 0.25) is 5.91 Å². The molecule has 0 spiro atoms. The lowest BCUT2D eigenvalue weighted by atomic mass is 9.97. The van der Waals surface area contributed by atoms with Gasteiger partial charge in [-0.2, -0.15) is 0 Å². The predicted molar refractivity (Wildman–Crippen MR) is 80.5 cm³/mol. The van der Waals surface area contributed by atoms with Crippen molar-refractivity contribution in [3.05, 3.63) is 35.9 Å². The Hall–Kier alpha value is -1.97. The van der Waals surface area contributed by atoms with E-state index in [0.717, 1.165) is 18.6 Å². The first-order chi connectivity index (χ1) is 9.74. The van der Waals surface area contributed by atoms with Crippen molar-refractivity contribution in [1.29, 1.82) is 0 Å². The molecule has 0 radical (unpaired) electrons. The maximum absolute atomic E-state index is 11.7. The highest BCUT2D eigenvalue weighted by molar-refractivity contribution is 5.78. The molecule has 0 saturated carbocycles. The summed E-state index contributed by atoms with van der Waals surface area (Å²) < 4.78 is 5.52. The van der Waals surface area contributed by atoms with Crippen LogP contribution in [0.2, 0.25) is 0 Å². The van der Waals surface area contributed by atoms with E-state index in [1.807, 2.05) is 12.1 Å². The third-order valence-electron chi connectivity index (χ3n) is 3.35. The fraction of sp³-hybridized carbons (Fsp3) is 0.438. The van der Waals surface area contributed by atoms with Crippen molar-refractivity contribution in [3.8, 4) is 5.75 Å². The van der Waals surface area contributed by atoms with Crippen LogP contribution in [0.1, 0.15) is 32.1 Å². The van der Waals surface area contributed by atoms with Crippen LogP contribution in [0.25, 0.3) is 0 Å². The van der Waals surface area contributed by atoms with E-state index in [2.05, 4.69) is 11.4 Å². The maximum Gasteiger partial charge on any atom is 0.224 e. The first-order valence-corrected chi connectivity index (χ1v) is 7.17. The lowest BCUT2D eigenvalue weighted by molar-refractivity contribution is -0.120. The number of rotatable bonds is 6. The normalized spacial score (nSPS) is 14.5. The highest BCUT2D eigenvalue weighted by atomic mass is 16.5. The van der Waals surface area contributed by atoms with Gasteiger partial charge in [0, 0.05) is 12.1 Å². The molecule has 1 aromatic carbocycles. The SMILES string of the molecule is Nc1ccc(OCCNC(=O)CC2=CCCCC2)cc1.